The highest BCUT2D eigenvalue weighted by Gasteiger charge is 2.44. The first-order chi connectivity index (χ1) is 9.15. The third-order valence-corrected chi connectivity index (χ3v) is 4.15. The van der Waals surface area contributed by atoms with Crippen molar-refractivity contribution in [2.24, 2.45) is 5.92 Å². The lowest BCUT2D eigenvalue weighted by Gasteiger charge is -2.38. The summed E-state index contributed by atoms with van der Waals surface area (Å²) in [6.07, 6.45) is 5.01. The molecule has 1 aromatic heterocycles. The molecule has 0 saturated carbocycles. The number of fused-ring (bicyclic) bond motifs is 2. The topological polar surface area (TPSA) is 99.2 Å². The van der Waals surface area contributed by atoms with E-state index >= 15 is 0 Å². The van der Waals surface area contributed by atoms with Crippen molar-refractivity contribution in [3.05, 3.63) is 12.2 Å². The number of nitrogens with one attached hydrogen (secondary N) is 1. The Labute approximate surface area is 110 Å². The number of rotatable bonds is 3. The molecule has 1 aromatic rings. The van der Waals surface area contributed by atoms with E-state index in [0.717, 1.165) is 25.7 Å². The van der Waals surface area contributed by atoms with Crippen molar-refractivity contribution in [2.75, 3.05) is 0 Å². The van der Waals surface area contributed by atoms with Crippen LogP contribution in [0.4, 0.5) is 0 Å². The van der Waals surface area contributed by atoms with Crippen LogP contribution in [0, 0.1) is 5.92 Å². The Morgan fingerprint density at radius 1 is 1.37 bits per heavy atom. The minimum atomic E-state index is -0.751. The molecule has 7 heteroatoms. The Morgan fingerprint density at radius 3 is 2.58 bits per heavy atom. The molecule has 0 aromatic carbocycles. The number of hydrogen-bond donors (Lipinski definition) is 2. The molecule has 2 aliphatic rings. The van der Waals surface area contributed by atoms with Crippen LogP contribution in [0.15, 0.2) is 6.33 Å². The number of aromatic nitrogens is 3. The number of aliphatic carboxylic acids is 1. The average molecular weight is 264 g/mol. The van der Waals surface area contributed by atoms with E-state index in [0.29, 0.717) is 0 Å². The lowest BCUT2D eigenvalue weighted by atomic mass is 9.88. The predicted molar refractivity (Wildman–Crippen MR) is 64.3 cm³/mol. The molecule has 2 fully saturated rings. The van der Waals surface area contributed by atoms with Gasteiger partial charge in [-0.25, -0.2) is 4.98 Å². The lowest BCUT2D eigenvalue weighted by Crippen LogP contribution is -2.47. The first-order valence-corrected chi connectivity index (χ1v) is 6.55. The highest BCUT2D eigenvalue weighted by atomic mass is 16.4. The van der Waals surface area contributed by atoms with Gasteiger partial charge in [0.05, 0.1) is 0 Å². The second kappa shape index (κ2) is 4.64. The number of carbonyl (C=O) groups is 2. The van der Waals surface area contributed by atoms with Gasteiger partial charge < -0.3 is 10.0 Å². The van der Waals surface area contributed by atoms with Crippen LogP contribution in [0.3, 0.4) is 0 Å². The summed E-state index contributed by atoms with van der Waals surface area (Å²) in [6.45, 7) is 0. The van der Waals surface area contributed by atoms with Gasteiger partial charge in [-0.1, -0.05) is 0 Å². The summed E-state index contributed by atoms with van der Waals surface area (Å²) >= 11 is 0. The molecular weight excluding hydrogens is 248 g/mol. The van der Waals surface area contributed by atoms with E-state index in [1.807, 2.05) is 4.90 Å². The van der Waals surface area contributed by atoms with Crippen molar-refractivity contribution in [1.29, 1.82) is 0 Å². The van der Waals surface area contributed by atoms with Gasteiger partial charge in [-0.2, -0.15) is 5.10 Å². The summed E-state index contributed by atoms with van der Waals surface area (Å²) in [7, 11) is 0. The van der Waals surface area contributed by atoms with Gasteiger partial charge in [-0.3, -0.25) is 14.7 Å². The summed E-state index contributed by atoms with van der Waals surface area (Å²) in [5, 5.41) is 15.2. The van der Waals surface area contributed by atoms with E-state index in [2.05, 4.69) is 15.2 Å². The van der Waals surface area contributed by atoms with Crippen molar-refractivity contribution < 1.29 is 14.7 Å². The van der Waals surface area contributed by atoms with Gasteiger partial charge in [0.15, 0.2) is 0 Å². The smallest absolute Gasteiger partial charge is 0.303 e. The monoisotopic (exact) mass is 264 g/mol. The largest absolute Gasteiger partial charge is 0.481 e. The number of carboxylic acid groups (broad SMARTS) is 1. The molecule has 3 rings (SSSR count). The molecule has 3 heterocycles. The van der Waals surface area contributed by atoms with Crippen molar-refractivity contribution in [1.82, 2.24) is 20.1 Å². The predicted octanol–water partition coefficient (Wildman–Crippen LogP) is 0.663. The Hall–Kier alpha value is -1.92. The van der Waals surface area contributed by atoms with Crippen LogP contribution < -0.4 is 0 Å². The Morgan fingerprint density at radius 2 is 2.05 bits per heavy atom. The molecule has 1 amide bonds. The van der Waals surface area contributed by atoms with Crippen molar-refractivity contribution in [2.45, 2.75) is 44.2 Å². The quantitative estimate of drug-likeness (QED) is 0.835. The standard InChI is InChI=1S/C12H16N4O3/c17-10(18)5-7-3-8-1-2-9(4-7)16(8)12(19)11-13-6-14-15-11/h6-9H,1-5H2,(H,17,18)(H,13,14,15). The van der Waals surface area contributed by atoms with Crippen molar-refractivity contribution in [3.8, 4) is 0 Å². The average Bonchev–Trinajstić information content (AvgIpc) is 2.95. The number of carbonyl (C=O) groups excluding carboxylic acids is 1. The Balaban J connectivity index is 1.73. The van der Waals surface area contributed by atoms with E-state index in [4.69, 9.17) is 5.11 Å². The van der Waals surface area contributed by atoms with Gasteiger partial charge in [0.2, 0.25) is 5.82 Å². The zero-order chi connectivity index (χ0) is 13.4. The molecular formula is C12H16N4O3. The fraction of sp³-hybridized carbons (Fsp3) is 0.667. The number of amides is 1. The van der Waals surface area contributed by atoms with Gasteiger partial charge in [-0.15, -0.1) is 0 Å². The molecule has 7 nitrogen and oxygen atoms in total. The van der Waals surface area contributed by atoms with Crippen LogP contribution in [-0.2, 0) is 4.79 Å². The minimum Gasteiger partial charge on any atom is -0.481 e. The minimum absolute atomic E-state index is 0.112. The normalized spacial score (nSPS) is 29.5. The van der Waals surface area contributed by atoms with Gasteiger partial charge in [0.25, 0.3) is 5.91 Å². The van der Waals surface area contributed by atoms with E-state index in [1.165, 1.54) is 6.33 Å². The Bertz CT molecular complexity index is 473. The van der Waals surface area contributed by atoms with Crippen LogP contribution >= 0.6 is 0 Å². The fourth-order valence-electron chi connectivity index (χ4n) is 3.47. The molecule has 19 heavy (non-hydrogen) atoms. The molecule has 0 spiro atoms. The maximum Gasteiger partial charge on any atom is 0.303 e. The number of piperidine rings is 1. The summed E-state index contributed by atoms with van der Waals surface area (Å²) in [5.74, 6) is -0.402. The second-order valence-corrected chi connectivity index (χ2v) is 5.37. The van der Waals surface area contributed by atoms with Crippen LogP contribution in [-0.4, -0.2) is 49.1 Å². The van der Waals surface area contributed by atoms with Crippen molar-refractivity contribution in [3.63, 3.8) is 0 Å². The highest BCUT2D eigenvalue weighted by molar-refractivity contribution is 5.91. The van der Waals surface area contributed by atoms with Crippen LogP contribution in [0.25, 0.3) is 0 Å². The van der Waals surface area contributed by atoms with E-state index in [1.54, 1.807) is 0 Å². The SMILES string of the molecule is O=C(O)CC1CC2CCC(C1)N2C(=O)c1ncn[nH]1. The first kappa shape index (κ1) is 12.1. The lowest BCUT2D eigenvalue weighted by molar-refractivity contribution is -0.138. The molecule has 2 saturated heterocycles. The third kappa shape index (κ3) is 2.20. The maximum atomic E-state index is 12.3. The number of nitrogens with zero attached hydrogens (tertiary/aromatic N) is 3. The zero-order valence-electron chi connectivity index (χ0n) is 10.5. The molecule has 102 valence electrons. The van der Waals surface area contributed by atoms with E-state index < -0.39 is 5.97 Å². The van der Waals surface area contributed by atoms with Gasteiger partial charge >= 0.3 is 5.97 Å². The second-order valence-electron chi connectivity index (χ2n) is 5.37. The molecule has 2 bridgehead atoms. The maximum absolute atomic E-state index is 12.3. The summed E-state index contributed by atoms with van der Waals surface area (Å²) < 4.78 is 0. The third-order valence-electron chi connectivity index (χ3n) is 4.15. The van der Waals surface area contributed by atoms with Gasteiger partial charge in [0, 0.05) is 18.5 Å². The summed E-state index contributed by atoms with van der Waals surface area (Å²) in [6, 6.07) is 0.307. The number of hydrogen-bond acceptors (Lipinski definition) is 4. The first-order valence-electron chi connectivity index (χ1n) is 6.55. The fourth-order valence-corrected chi connectivity index (χ4v) is 3.47. The molecule has 0 aliphatic carbocycles. The summed E-state index contributed by atoms with van der Waals surface area (Å²) in [5.41, 5.74) is 0. The van der Waals surface area contributed by atoms with Crippen LogP contribution in [0.5, 0.6) is 0 Å². The van der Waals surface area contributed by atoms with Crippen molar-refractivity contribution >= 4 is 11.9 Å². The Kier molecular flexibility index (Phi) is 2.96. The molecule has 2 N–H and O–H groups in total. The van der Waals surface area contributed by atoms with Crippen LogP contribution in [0.1, 0.15) is 42.7 Å². The molecule has 2 atom stereocenters. The summed E-state index contributed by atoms with van der Waals surface area (Å²) in [4.78, 5) is 28.9. The van der Waals surface area contributed by atoms with Crippen LogP contribution in [0.2, 0.25) is 0 Å². The number of H-pyrrole nitrogens is 1. The van der Waals surface area contributed by atoms with Gasteiger partial charge in [-0.05, 0) is 31.6 Å². The van der Waals surface area contributed by atoms with Gasteiger partial charge in [0.1, 0.15) is 6.33 Å². The number of carboxylic acids is 1. The highest BCUT2D eigenvalue weighted by Crippen LogP contribution is 2.40. The molecule has 0 radical (unpaired) electrons. The zero-order valence-corrected chi connectivity index (χ0v) is 10.5. The van der Waals surface area contributed by atoms with E-state index in [9.17, 15) is 9.59 Å². The molecule has 2 aliphatic heterocycles. The number of aromatic amines is 1. The van der Waals surface area contributed by atoms with E-state index in [-0.39, 0.29) is 36.2 Å². The molecule has 2 unspecified atom stereocenters.